The molecule has 3 heterocycles. The number of rotatable bonds is 3. The van der Waals surface area contributed by atoms with Crippen LogP contribution in [0.1, 0.15) is 36.2 Å². The van der Waals surface area contributed by atoms with Crippen molar-refractivity contribution >= 4 is 22.7 Å². The van der Waals surface area contributed by atoms with E-state index < -0.39 is 0 Å². The molecule has 1 saturated carbocycles. The van der Waals surface area contributed by atoms with Crippen LogP contribution in [-0.2, 0) is 9.53 Å². The zero-order valence-corrected chi connectivity index (χ0v) is 17.3. The number of amides is 2. The van der Waals surface area contributed by atoms with Gasteiger partial charge in [0.25, 0.3) is 5.91 Å². The lowest BCUT2D eigenvalue weighted by Crippen LogP contribution is -2.58. The highest BCUT2D eigenvalue weighted by Gasteiger charge is 2.37. The number of benzene rings is 1. The van der Waals surface area contributed by atoms with Gasteiger partial charge in [-0.3, -0.25) is 19.6 Å². The van der Waals surface area contributed by atoms with Crippen LogP contribution in [0.2, 0.25) is 0 Å². The Morgan fingerprint density at radius 1 is 1.07 bits per heavy atom. The van der Waals surface area contributed by atoms with E-state index in [1.54, 1.807) is 0 Å². The molecule has 1 aromatic carbocycles. The van der Waals surface area contributed by atoms with Crippen molar-refractivity contribution in [2.24, 2.45) is 0 Å². The van der Waals surface area contributed by atoms with Crippen LogP contribution in [0.15, 0.2) is 24.3 Å². The maximum Gasteiger partial charge on any atom is 0.275 e. The highest BCUT2D eigenvalue weighted by molar-refractivity contribution is 6.04. The molecule has 8 nitrogen and oxygen atoms in total. The van der Waals surface area contributed by atoms with Gasteiger partial charge in [0.05, 0.1) is 30.8 Å². The fraction of sp³-hybridized carbons (Fsp3) is 0.591. The average molecular weight is 412 g/mol. The first-order valence-electron chi connectivity index (χ1n) is 11.1. The van der Waals surface area contributed by atoms with E-state index in [1.165, 1.54) is 12.8 Å². The summed E-state index contributed by atoms with van der Waals surface area (Å²) in [5.74, 6) is 0.157. The van der Waals surface area contributed by atoms with Crippen LogP contribution in [0.5, 0.6) is 0 Å². The van der Waals surface area contributed by atoms with Crippen molar-refractivity contribution in [1.82, 2.24) is 24.9 Å². The molecule has 1 aromatic heterocycles. The van der Waals surface area contributed by atoms with Gasteiger partial charge in [0.2, 0.25) is 5.91 Å². The summed E-state index contributed by atoms with van der Waals surface area (Å²) in [6.45, 7) is 4.41. The topological polar surface area (TPSA) is 81.8 Å². The number of para-hydroxylation sites is 1. The van der Waals surface area contributed by atoms with E-state index in [-0.39, 0.29) is 24.0 Å². The second kappa shape index (κ2) is 8.35. The molecule has 2 saturated heterocycles. The minimum Gasteiger partial charge on any atom is -0.374 e. The van der Waals surface area contributed by atoms with Crippen molar-refractivity contribution in [3.63, 3.8) is 0 Å². The highest BCUT2D eigenvalue weighted by Crippen LogP contribution is 2.28. The number of fused-ring (bicyclic) bond motifs is 2. The smallest absolute Gasteiger partial charge is 0.275 e. The summed E-state index contributed by atoms with van der Waals surface area (Å²) in [7, 11) is 0. The van der Waals surface area contributed by atoms with Crippen LogP contribution < -0.4 is 0 Å². The van der Waals surface area contributed by atoms with E-state index in [2.05, 4.69) is 20.0 Å². The largest absolute Gasteiger partial charge is 0.374 e. The van der Waals surface area contributed by atoms with E-state index in [0.29, 0.717) is 51.6 Å². The number of nitrogens with zero attached hydrogens (tertiary/aromatic N) is 4. The van der Waals surface area contributed by atoms with E-state index in [0.717, 1.165) is 23.7 Å². The third kappa shape index (κ3) is 3.70. The number of piperazine rings is 1. The molecule has 0 radical (unpaired) electrons. The molecule has 0 spiro atoms. The van der Waals surface area contributed by atoms with Crippen molar-refractivity contribution in [3.8, 4) is 0 Å². The molecule has 8 heteroatoms. The maximum atomic E-state index is 13.0. The lowest BCUT2D eigenvalue weighted by atomic mass is 9.90. The summed E-state index contributed by atoms with van der Waals surface area (Å²) < 4.78 is 5.90. The Labute approximate surface area is 176 Å². The Morgan fingerprint density at radius 3 is 2.73 bits per heavy atom. The summed E-state index contributed by atoms with van der Waals surface area (Å²) in [4.78, 5) is 32.0. The summed E-state index contributed by atoms with van der Waals surface area (Å²) >= 11 is 0. The molecular formula is C22H29N5O3. The van der Waals surface area contributed by atoms with Crippen LogP contribution in [0.4, 0.5) is 0 Å². The molecule has 1 N–H and O–H groups in total. The monoisotopic (exact) mass is 411 g/mol. The first-order chi connectivity index (χ1) is 14.7. The molecule has 2 unspecified atom stereocenters. The van der Waals surface area contributed by atoms with Gasteiger partial charge >= 0.3 is 0 Å². The van der Waals surface area contributed by atoms with Gasteiger partial charge in [-0.05, 0) is 18.9 Å². The van der Waals surface area contributed by atoms with Crippen LogP contribution in [0, 0.1) is 0 Å². The number of hydrogen-bond acceptors (Lipinski definition) is 5. The van der Waals surface area contributed by atoms with Gasteiger partial charge in [0, 0.05) is 38.1 Å². The fourth-order valence-electron chi connectivity index (χ4n) is 5.07. The third-order valence-electron chi connectivity index (χ3n) is 6.74. The van der Waals surface area contributed by atoms with Crippen molar-refractivity contribution < 1.29 is 14.3 Å². The molecule has 30 heavy (non-hydrogen) atoms. The standard InChI is InChI=1S/C22H29N5O3/c28-20(27-13-14-30-19-8-4-3-7-18(19)27)15-25-9-11-26(12-10-25)22(29)21-16-5-1-2-6-17(16)23-24-21/h1-2,5-6,18-19H,3-4,7-15H2,(H,23,24). The number of nitrogens with one attached hydrogen (secondary N) is 1. The molecule has 1 aliphatic carbocycles. The minimum atomic E-state index is -0.0448. The molecule has 3 fully saturated rings. The number of hydrogen-bond donors (Lipinski definition) is 1. The summed E-state index contributed by atoms with van der Waals surface area (Å²) in [5.41, 5.74) is 1.35. The lowest BCUT2D eigenvalue weighted by molar-refractivity contribution is -0.150. The van der Waals surface area contributed by atoms with Gasteiger partial charge < -0.3 is 14.5 Å². The summed E-state index contributed by atoms with van der Waals surface area (Å²) in [6, 6.07) is 7.93. The Bertz CT molecular complexity index is 918. The normalized spacial score (nSPS) is 25.3. The van der Waals surface area contributed by atoms with Gasteiger partial charge in [0.15, 0.2) is 5.69 Å². The first-order valence-corrected chi connectivity index (χ1v) is 11.1. The molecule has 3 aliphatic rings. The number of ether oxygens (including phenoxy) is 1. The zero-order chi connectivity index (χ0) is 20.5. The second-order valence-corrected chi connectivity index (χ2v) is 8.53. The molecule has 5 rings (SSSR count). The van der Waals surface area contributed by atoms with Gasteiger partial charge in [-0.25, -0.2) is 0 Å². The number of morpholine rings is 1. The number of H-pyrrole nitrogens is 1. The van der Waals surface area contributed by atoms with E-state index >= 15 is 0 Å². The summed E-state index contributed by atoms with van der Waals surface area (Å²) in [5, 5.41) is 8.02. The molecule has 2 aliphatic heterocycles. The second-order valence-electron chi connectivity index (χ2n) is 8.53. The zero-order valence-electron chi connectivity index (χ0n) is 17.3. The van der Waals surface area contributed by atoms with Crippen LogP contribution in [0.3, 0.4) is 0 Å². The quantitative estimate of drug-likeness (QED) is 0.828. The number of carbonyl (C=O) groups excluding carboxylic acids is 2. The highest BCUT2D eigenvalue weighted by atomic mass is 16.5. The Kier molecular flexibility index (Phi) is 5.43. The van der Waals surface area contributed by atoms with Gasteiger partial charge in [-0.2, -0.15) is 5.10 Å². The molecule has 0 bridgehead atoms. The van der Waals surface area contributed by atoms with Crippen molar-refractivity contribution in [2.45, 2.75) is 37.8 Å². The van der Waals surface area contributed by atoms with Crippen molar-refractivity contribution in [2.75, 3.05) is 45.9 Å². The predicted octanol–water partition coefficient (Wildman–Crippen LogP) is 1.49. The van der Waals surface area contributed by atoms with Gasteiger partial charge in [-0.1, -0.05) is 31.0 Å². The minimum absolute atomic E-state index is 0.0448. The number of aromatic nitrogens is 2. The van der Waals surface area contributed by atoms with Crippen molar-refractivity contribution in [1.29, 1.82) is 0 Å². The van der Waals surface area contributed by atoms with Crippen LogP contribution in [0.25, 0.3) is 10.9 Å². The van der Waals surface area contributed by atoms with E-state index in [4.69, 9.17) is 4.74 Å². The fourth-order valence-corrected chi connectivity index (χ4v) is 5.07. The van der Waals surface area contributed by atoms with Gasteiger partial charge in [0.1, 0.15) is 0 Å². The van der Waals surface area contributed by atoms with E-state index in [9.17, 15) is 9.59 Å². The predicted molar refractivity (Wildman–Crippen MR) is 112 cm³/mol. The van der Waals surface area contributed by atoms with Crippen LogP contribution >= 0.6 is 0 Å². The Balaban J connectivity index is 1.17. The van der Waals surface area contributed by atoms with Crippen LogP contribution in [-0.4, -0.2) is 94.7 Å². The average Bonchev–Trinajstić information content (AvgIpc) is 3.23. The molecule has 160 valence electrons. The number of aromatic amines is 1. The lowest BCUT2D eigenvalue weighted by Gasteiger charge is -2.44. The van der Waals surface area contributed by atoms with Crippen molar-refractivity contribution in [3.05, 3.63) is 30.0 Å². The molecule has 2 atom stereocenters. The SMILES string of the molecule is O=C(c1n[nH]c2ccccc12)N1CCN(CC(=O)N2CCOC3CCCCC32)CC1. The Hall–Kier alpha value is -2.45. The third-order valence-corrected chi connectivity index (χ3v) is 6.74. The molecular weight excluding hydrogens is 382 g/mol. The maximum absolute atomic E-state index is 13.0. The number of carbonyl (C=O) groups is 2. The van der Waals surface area contributed by atoms with E-state index in [1.807, 2.05) is 29.2 Å². The summed E-state index contributed by atoms with van der Waals surface area (Å²) in [6.07, 6.45) is 4.71. The molecule has 2 aromatic rings. The Morgan fingerprint density at radius 2 is 1.87 bits per heavy atom. The molecule has 2 amide bonds. The van der Waals surface area contributed by atoms with Gasteiger partial charge in [-0.15, -0.1) is 0 Å². The first kappa shape index (κ1) is 19.5.